The standard InChI is InChI=1S/C28H35F6N5O4/c1-5-21-13-22(17-39(21)43-25(40)42-26(2,3)4)38(24-35-14-23(15-36-24)37-6-8-41-9-7-37)16-18-10-19(27(29,30)31)12-20(11-18)28(32,33)34/h10-12,14-15,21-22H,5-9,13,16-17H2,1-4H3/t21-,22+/m1/s1. The molecule has 15 heteroatoms. The molecule has 2 aliphatic rings. The fourth-order valence-corrected chi connectivity index (χ4v) is 5.05. The van der Waals surface area contributed by atoms with E-state index in [0.717, 1.165) is 0 Å². The van der Waals surface area contributed by atoms with E-state index in [-0.39, 0.29) is 36.7 Å². The maximum absolute atomic E-state index is 13.6. The first-order chi connectivity index (χ1) is 20.0. The first-order valence-electron chi connectivity index (χ1n) is 13.9. The predicted molar refractivity (Wildman–Crippen MR) is 144 cm³/mol. The highest BCUT2D eigenvalue weighted by atomic mass is 19.4. The SMILES string of the molecule is CC[C@@H]1C[C@H](N(Cc2cc(C(F)(F)F)cc(C(F)(F)F)c2)c2ncc(N3CCOCC3)cn2)CN1OC(=O)OC(C)(C)C. The molecule has 0 bridgehead atoms. The quantitative estimate of drug-likeness (QED) is 0.271. The van der Waals surface area contributed by atoms with Crippen LogP contribution in [-0.4, -0.2) is 71.7 Å². The Balaban J connectivity index is 1.67. The van der Waals surface area contributed by atoms with Gasteiger partial charge in [0.05, 0.1) is 49.0 Å². The van der Waals surface area contributed by atoms with Gasteiger partial charge in [0, 0.05) is 31.7 Å². The van der Waals surface area contributed by atoms with Crippen LogP contribution in [0.15, 0.2) is 30.6 Å². The number of morpholine rings is 1. The number of hydrogen-bond donors (Lipinski definition) is 0. The Hall–Kier alpha value is -3.33. The molecule has 0 spiro atoms. The minimum absolute atomic E-state index is 0.0947. The third-order valence-electron chi connectivity index (χ3n) is 7.09. The van der Waals surface area contributed by atoms with Gasteiger partial charge in [-0.25, -0.2) is 14.8 Å². The number of carbonyl (C=O) groups is 1. The molecular formula is C28H35F6N5O4. The lowest BCUT2D eigenvalue weighted by atomic mass is 10.0. The molecule has 3 heterocycles. The number of nitrogens with zero attached hydrogens (tertiary/aromatic N) is 5. The van der Waals surface area contributed by atoms with Crippen molar-refractivity contribution in [1.82, 2.24) is 15.0 Å². The van der Waals surface area contributed by atoms with E-state index in [1.807, 2.05) is 11.8 Å². The van der Waals surface area contributed by atoms with Crippen LogP contribution >= 0.6 is 0 Å². The Morgan fingerprint density at radius 2 is 1.58 bits per heavy atom. The van der Waals surface area contributed by atoms with Gasteiger partial charge in [-0.3, -0.25) is 0 Å². The van der Waals surface area contributed by atoms with Gasteiger partial charge in [-0.05, 0) is 57.4 Å². The van der Waals surface area contributed by atoms with Crippen molar-refractivity contribution in [1.29, 1.82) is 0 Å². The summed E-state index contributed by atoms with van der Waals surface area (Å²) >= 11 is 0. The van der Waals surface area contributed by atoms with Gasteiger partial charge < -0.3 is 24.1 Å². The van der Waals surface area contributed by atoms with Crippen LogP contribution in [-0.2, 0) is 33.2 Å². The van der Waals surface area contributed by atoms with E-state index in [1.54, 1.807) is 38.1 Å². The monoisotopic (exact) mass is 619 g/mol. The Morgan fingerprint density at radius 1 is 1.00 bits per heavy atom. The van der Waals surface area contributed by atoms with Crippen LogP contribution in [0.4, 0.5) is 42.8 Å². The van der Waals surface area contributed by atoms with E-state index < -0.39 is 41.3 Å². The van der Waals surface area contributed by atoms with Crippen molar-refractivity contribution in [3.63, 3.8) is 0 Å². The normalized spacial score (nSPS) is 20.3. The van der Waals surface area contributed by atoms with Crippen molar-refractivity contribution in [3.8, 4) is 0 Å². The maximum Gasteiger partial charge on any atom is 0.528 e. The van der Waals surface area contributed by atoms with Crippen LogP contribution in [0.5, 0.6) is 0 Å². The zero-order valence-corrected chi connectivity index (χ0v) is 24.3. The molecule has 0 aliphatic carbocycles. The van der Waals surface area contributed by atoms with E-state index in [2.05, 4.69) is 9.97 Å². The van der Waals surface area contributed by atoms with Crippen LogP contribution in [0.2, 0.25) is 0 Å². The van der Waals surface area contributed by atoms with Gasteiger partial charge in [-0.2, -0.15) is 26.3 Å². The molecule has 2 aromatic rings. The molecule has 0 saturated carbocycles. The summed E-state index contributed by atoms with van der Waals surface area (Å²) < 4.78 is 92.3. The summed E-state index contributed by atoms with van der Waals surface area (Å²) in [5, 5.41) is 1.43. The van der Waals surface area contributed by atoms with E-state index in [4.69, 9.17) is 14.3 Å². The number of hydrogen-bond acceptors (Lipinski definition) is 9. The predicted octanol–water partition coefficient (Wildman–Crippen LogP) is 6.08. The second kappa shape index (κ2) is 12.7. The molecule has 1 aromatic heterocycles. The minimum Gasteiger partial charge on any atom is -0.427 e. The lowest BCUT2D eigenvalue weighted by molar-refractivity contribution is -0.151. The fourth-order valence-electron chi connectivity index (χ4n) is 5.05. The van der Waals surface area contributed by atoms with Crippen LogP contribution in [0.1, 0.15) is 57.2 Å². The Kier molecular flexibility index (Phi) is 9.64. The lowest BCUT2D eigenvalue weighted by Crippen LogP contribution is -2.40. The third-order valence-corrected chi connectivity index (χ3v) is 7.09. The highest BCUT2D eigenvalue weighted by molar-refractivity contribution is 5.60. The second-order valence-electron chi connectivity index (χ2n) is 11.5. The smallest absolute Gasteiger partial charge is 0.427 e. The van der Waals surface area contributed by atoms with E-state index in [0.29, 0.717) is 57.0 Å². The van der Waals surface area contributed by atoms with Crippen molar-refractivity contribution < 1.29 is 45.4 Å². The van der Waals surface area contributed by atoms with Crippen molar-refractivity contribution in [2.75, 3.05) is 42.6 Å². The Bertz CT molecular complexity index is 1210. The molecule has 0 N–H and O–H groups in total. The lowest BCUT2D eigenvalue weighted by Gasteiger charge is -2.31. The number of aromatic nitrogens is 2. The first-order valence-corrected chi connectivity index (χ1v) is 13.9. The summed E-state index contributed by atoms with van der Waals surface area (Å²) in [7, 11) is 0. The summed E-state index contributed by atoms with van der Waals surface area (Å²) in [4.78, 5) is 30.4. The molecule has 0 unspecified atom stereocenters. The van der Waals surface area contributed by atoms with E-state index in [9.17, 15) is 31.1 Å². The van der Waals surface area contributed by atoms with Gasteiger partial charge in [-0.15, -0.1) is 5.06 Å². The van der Waals surface area contributed by atoms with Gasteiger partial charge in [0.2, 0.25) is 5.95 Å². The Morgan fingerprint density at radius 3 is 2.09 bits per heavy atom. The molecule has 1 aromatic carbocycles. The number of rotatable bonds is 7. The fraction of sp³-hybridized carbons (Fsp3) is 0.607. The summed E-state index contributed by atoms with van der Waals surface area (Å²) in [6.07, 6.45) is -6.85. The molecule has 2 fully saturated rings. The van der Waals surface area contributed by atoms with Crippen molar-refractivity contribution >= 4 is 17.8 Å². The summed E-state index contributed by atoms with van der Waals surface area (Å²) in [5.41, 5.74) is -3.14. The third kappa shape index (κ3) is 8.62. The number of halogens is 6. The molecule has 2 saturated heterocycles. The first kappa shape index (κ1) is 32.6. The number of benzene rings is 1. The average Bonchev–Trinajstić information content (AvgIpc) is 3.32. The van der Waals surface area contributed by atoms with Gasteiger partial charge >= 0.3 is 18.5 Å². The number of alkyl halides is 6. The second-order valence-corrected chi connectivity index (χ2v) is 11.5. The molecule has 4 rings (SSSR count). The minimum atomic E-state index is -4.99. The summed E-state index contributed by atoms with van der Waals surface area (Å²) in [6, 6.07) is 0.683. The van der Waals surface area contributed by atoms with Gasteiger partial charge in [-0.1, -0.05) is 6.92 Å². The van der Waals surface area contributed by atoms with E-state index in [1.165, 1.54) is 5.06 Å². The molecule has 2 atom stereocenters. The van der Waals surface area contributed by atoms with Crippen molar-refractivity contribution in [2.45, 2.75) is 77.1 Å². The molecule has 2 aliphatic heterocycles. The van der Waals surface area contributed by atoms with Crippen LogP contribution in [0.25, 0.3) is 0 Å². The van der Waals surface area contributed by atoms with Gasteiger partial charge in [0.15, 0.2) is 0 Å². The van der Waals surface area contributed by atoms with Crippen LogP contribution < -0.4 is 9.80 Å². The average molecular weight is 620 g/mol. The van der Waals surface area contributed by atoms with E-state index >= 15 is 0 Å². The zero-order valence-electron chi connectivity index (χ0n) is 24.3. The molecule has 238 valence electrons. The van der Waals surface area contributed by atoms with Crippen molar-refractivity contribution in [2.24, 2.45) is 0 Å². The molecular weight excluding hydrogens is 584 g/mol. The van der Waals surface area contributed by atoms with Crippen molar-refractivity contribution in [3.05, 3.63) is 47.3 Å². The highest BCUT2D eigenvalue weighted by Crippen LogP contribution is 2.37. The number of hydroxylamine groups is 2. The Labute approximate surface area is 245 Å². The van der Waals surface area contributed by atoms with Crippen LogP contribution in [0.3, 0.4) is 0 Å². The summed E-state index contributed by atoms with van der Waals surface area (Å²) in [5.74, 6) is 0.113. The maximum atomic E-state index is 13.6. The molecule has 0 amide bonds. The number of carbonyl (C=O) groups excluding carboxylic acids is 1. The van der Waals surface area contributed by atoms with Crippen LogP contribution in [0, 0.1) is 0 Å². The number of ether oxygens (including phenoxy) is 2. The highest BCUT2D eigenvalue weighted by Gasteiger charge is 2.40. The summed E-state index contributed by atoms with van der Waals surface area (Å²) in [6.45, 7) is 8.95. The van der Waals surface area contributed by atoms with Gasteiger partial charge in [0.1, 0.15) is 5.60 Å². The largest absolute Gasteiger partial charge is 0.528 e. The molecule has 9 nitrogen and oxygen atoms in total. The zero-order chi connectivity index (χ0) is 31.6. The molecule has 0 radical (unpaired) electrons. The molecule has 43 heavy (non-hydrogen) atoms. The topological polar surface area (TPSA) is 80.3 Å². The van der Waals surface area contributed by atoms with Gasteiger partial charge in [0.25, 0.3) is 0 Å². The number of anilines is 2.